The predicted octanol–water partition coefficient (Wildman–Crippen LogP) is 2.11. The van der Waals surface area contributed by atoms with Crippen molar-refractivity contribution in [3.63, 3.8) is 0 Å². The number of carbonyl (C=O) groups is 4. The van der Waals surface area contributed by atoms with Crippen molar-refractivity contribution in [1.82, 2.24) is 9.47 Å². The number of imide groups is 1. The minimum absolute atomic E-state index is 0.0685. The van der Waals surface area contributed by atoms with E-state index >= 15 is 0 Å². The summed E-state index contributed by atoms with van der Waals surface area (Å²) < 4.78 is 1.81. The molecule has 2 amide bonds. The summed E-state index contributed by atoms with van der Waals surface area (Å²) in [5.74, 6) is -4.45. The molecular weight excluding hydrogens is 376 g/mol. The Hall–Kier alpha value is -3.68. The topological polar surface area (TPSA) is 117 Å². The van der Waals surface area contributed by atoms with Crippen LogP contribution in [0.1, 0.15) is 25.1 Å². The van der Waals surface area contributed by atoms with Gasteiger partial charge in [-0.3, -0.25) is 19.3 Å². The van der Waals surface area contributed by atoms with Gasteiger partial charge in [0.2, 0.25) is 0 Å². The number of likely N-dealkylation sites (tertiary alicyclic amines) is 1. The monoisotopic (exact) mass is 396 g/mol. The number of carboxylic acid groups (broad SMARTS) is 2. The van der Waals surface area contributed by atoms with Gasteiger partial charge in [-0.1, -0.05) is 23.8 Å². The van der Waals surface area contributed by atoms with E-state index in [0.29, 0.717) is 27.1 Å². The second-order valence-corrected chi connectivity index (χ2v) is 7.06. The van der Waals surface area contributed by atoms with Crippen LogP contribution in [0.5, 0.6) is 0 Å². The van der Waals surface area contributed by atoms with Crippen molar-refractivity contribution in [1.29, 1.82) is 0 Å². The Kier molecular flexibility index (Phi) is 4.88. The zero-order valence-corrected chi connectivity index (χ0v) is 16.4. The van der Waals surface area contributed by atoms with Gasteiger partial charge in [-0.25, -0.2) is 4.79 Å². The molecule has 1 saturated heterocycles. The highest BCUT2D eigenvalue weighted by Crippen LogP contribution is 2.38. The molecule has 2 aromatic rings. The quantitative estimate of drug-likeness (QED) is 0.604. The molecule has 0 bridgehead atoms. The number of para-hydroxylation sites is 1. The maximum absolute atomic E-state index is 13.0. The van der Waals surface area contributed by atoms with Gasteiger partial charge in [-0.2, -0.15) is 0 Å². The van der Waals surface area contributed by atoms with Crippen LogP contribution in [0.3, 0.4) is 0 Å². The fourth-order valence-corrected chi connectivity index (χ4v) is 3.73. The predicted molar refractivity (Wildman–Crippen MR) is 105 cm³/mol. The molecule has 0 radical (unpaired) electrons. The lowest BCUT2D eigenvalue weighted by molar-refractivity contribution is -0.147. The summed E-state index contributed by atoms with van der Waals surface area (Å²) in [5.41, 5.74) is 1.51. The van der Waals surface area contributed by atoms with E-state index in [1.807, 2.05) is 16.7 Å². The number of carbonyl (C=O) groups excluding carboxylic acids is 2. The van der Waals surface area contributed by atoms with Crippen molar-refractivity contribution >= 4 is 40.2 Å². The third-order valence-corrected chi connectivity index (χ3v) is 5.07. The molecule has 1 fully saturated rings. The molecule has 2 heterocycles. The number of fused-ring (bicyclic) bond motifs is 1. The van der Waals surface area contributed by atoms with E-state index < -0.39 is 30.3 Å². The number of rotatable bonds is 4. The number of aromatic nitrogens is 1. The van der Waals surface area contributed by atoms with Crippen LogP contribution in [0.25, 0.3) is 16.5 Å². The van der Waals surface area contributed by atoms with E-state index in [9.17, 15) is 24.3 Å². The first-order valence-corrected chi connectivity index (χ1v) is 8.85. The molecule has 3 rings (SSSR count). The number of aryl methyl sites for hydroxylation is 1. The van der Waals surface area contributed by atoms with Crippen molar-refractivity contribution in [3.8, 4) is 0 Å². The average Bonchev–Trinajstić information content (AvgIpc) is 3.03. The van der Waals surface area contributed by atoms with E-state index in [1.54, 1.807) is 40.0 Å². The molecule has 2 N–H and O–H groups in total. The third kappa shape index (κ3) is 3.02. The van der Waals surface area contributed by atoms with Gasteiger partial charge < -0.3 is 14.8 Å². The smallest absolute Gasteiger partial charge is 0.337 e. The highest BCUT2D eigenvalue weighted by molar-refractivity contribution is 6.36. The number of amides is 2. The lowest BCUT2D eigenvalue weighted by Crippen LogP contribution is -2.34. The Labute approximate surface area is 166 Å². The van der Waals surface area contributed by atoms with Gasteiger partial charge >= 0.3 is 11.9 Å². The molecule has 0 aliphatic carbocycles. The molecule has 8 heteroatoms. The van der Waals surface area contributed by atoms with Crippen LogP contribution in [0.2, 0.25) is 0 Å². The Morgan fingerprint density at radius 2 is 1.59 bits per heavy atom. The number of hydrogen-bond acceptors (Lipinski definition) is 4. The van der Waals surface area contributed by atoms with Crippen LogP contribution in [0, 0.1) is 6.92 Å². The van der Waals surface area contributed by atoms with Crippen molar-refractivity contribution in [3.05, 3.63) is 52.2 Å². The third-order valence-electron chi connectivity index (χ3n) is 5.07. The Morgan fingerprint density at radius 3 is 2.14 bits per heavy atom. The molecule has 0 spiro atoms. The molecule has 1 aliphatic rings. The number of hydrogen-bond donors (Lipinski definition) is 2. The van der Waals surface area contributed by atoms with Gasteiger partial charge in [0.25, 0.3) is 11.8 Å². The summed E-state index contributed by atoms with van der Waals surface area (Å²) in [6.07, 6.45) is 0. The first kappa shape index (κ1) is 20.1. The molecule has 0 saturated carbocycles. The largest absolute Gasteiger partial charge is 0.480 e. The van der Waals surface area contributed by atoms with E-state index in [-0.39, 0.29) is 16.7 Å². The summed E-state index contributed by atoms with van der Waals surface area (Å²) in [5, 5.41) is 19.8. The standard InChI is InChI=1S/C21H20N2O6/c1-10(2)15-17(20(27)23(19(15)26)9-14(24)25)18(21(28)29)16-11(3)22(4)13-8-6-5-7-12(13)16/h5-8H,9H2,1-4H3,(H,24,25)(H,28,29)/b18-17+. The van der Waals surface area contributed by atoms with Crippen molar-refractivity contribution < 1.29 is 29.4 Å². The normalized spacial score (nSPS) is 16.0. The first-order valence-electron chi connectivity index (χ1n) is 8.85. The zero-order valence-electron chi connectivity index (χ0n) is 16.4. The van der Waals surface area contributed by atoms with Crippen LogP contribution >= 0.6 is 0 Å². The number of aliphatic carboxylic acids is 2. The molecule has 0 atom stereocenters. The maximum Gasteiger partial charge on any atom is 0.337 e. The van der Waals surface area contributed by atoms with E-state index in [2.05, 4.69) is 0 Å². The van der Waals surface area contributed by atoms with E-state index in [1.165, 1.54) is 0 Å². The number of nitrogens with zero attached hydrogens (tertiary/aromatic N) is 2. The van der Waals surface area contributed by atoms with Crippen molar-refractivity contribution in [2.45, 2.75) is 20.8 Å². The van der Waals surface area contributed by atoms with Crippen LogP contribution in [0.4, 0.5) is 0 Å². The number of benzene rings is 1. The number of carboxylic acids is 2. The fraction of sp³-hybridized carbons (Fsp3) is 0.238. The minimum Gasteiger partial charge on any atom is -0.480 e. The summed E-state index contributed by atoms with van der Waals surface area (Å²) >= 11 is 0. The van der Waals surface area contributed by atoms with Crippen LogP contribution in [0.15, 0.2) is 41.0 Å². The molecular formula is C21H20N2O6. The second kappa shape index (κ2) is 7.05. The van der Waals surface area contributed by atoms with Gasteiger partial charge in [0.05, 0.1) is 16.7 Å². The van der Waals surface area contributed by atoms with Crippen LogP contribution < -0.4 is 0 Å². The van der Waals surface area contributed by atoms with E-state index in [4.69, 9.17) is 5.11 Å². The SMILES string of the molecule is CC(C)=C1C(=O)N(CC(=O)O)C(=O)/C1=C(/C(=O)O)c1c(C)n(C)c2ccccc12. The Balaban J connectivity index is 2.45. The Bertz CT molecular complexity index is 1160. The lowest BCUT2D eigenvalue weighted by Gasteiger charge is -2.10. The van der Waals surface area contributed by atoms with E-state index in [0.717, 1.165) is 5.52 Å². The van der Waals surface area contributed by atoms with Crippen molar-refractivity contribution in [2.75, 3.05) is 6.54 Å². The molecule has 1 aromatic heterocycles. The molecule has 150 valence electrons. The fourth-order valence-electron chi connectivity index (χ4n) is 3.73. The van der Waals surface area contributed by atoms with Crippen LogP contribution in [-0.2, 0) is 26.2 Å². The number of allylic oxidation sites excluding steroid dienone is 1. The molecule has 1 aliphatic heterocycles. The summed E-state index contributed by atoms with van der Waals surface area (Å²) in [7, 11) is 1.78. The first-order chi connectivity index (χ1) is 13.6. The van der Waals surface area contributed by atoms with Crippen molar-refractivity contribution in [2.24, 2.45) is 7.05 Å². The summed E-state index contributed by atoms with van der Waals surface area (Å²) in [6.45, 7) is 4.07. The zero-order chi connectivity index (χ0) is 21.6. The van der Waals surface area contributed by atoms with Gasteiger partial charge in [0.15, 0.2) is 0 Å². The minimum atomic E-state index is -1.36. The van der Waals surface area contributed by atoms with Gasteiger partial charge in [0.1, 0.15) is 6.54 Å². The summed E-state index contributed by atoms with van der Waals surface area (Å²) in [6, 6.07) is 7.16. The lowest BCUT2D eigenvalue weighted by atomic mass is 9.92. The highest BCUT2D eigenvalue weighted by atomic mass is 16.4. The Morgan fingerprint density at radius 1 is 1.00 bits per heavy atom. The average molecular weight is 396 g/mol. The van der Waals surface area contributed by atoms with Gasteiger partial charge in [-0.15, -0.1) is 0 Å². The molecule has 29 heavy (non-hydrogen) atoms. The highest BCUT2D eigenvalue weighted by Gasteiger charge is 2.44. The van der Waals surface area contributed by atoms with Gasteiger partial charge in [0, 0.05) is 29.2 Å². The molecule has 8 nitrogen and oxygen atoms in total. The molecule has 1 aromatic carbocycles. The van der Waals surface area contributed by atoms with Crippen LogP contribution in [-0.4, -0.2) is 50.0 Å². The second-order valence-electron chi connectivity index (χ2n) is 7.06. The van der Waals surface area contributed by atoms with Gasteiger partial charge in [-0.05, 0) is 26.8 Å². The summed E-state index contributed by atoms with van der Waals surface area (Å²) in [4.78, 5) is 49.9. The molecule has 0 unspecified atom stereocenters. The maximum atomic E-state index is 13.0.